The zero-order valence-corrected chi connectivity index (χ0v) is 61.8. The van der Waals surface area contributed by atoms with Crippen LogP contribution in [0.15, 0.2) is 406 Å². The molecule has 0 aliphatic rings. The normalized spacial score (nSPS) is 11.1. The van der Waals surface area contributed by atoms with Gasteiger partial charge in [0.1, 0.15) is 0 Å². The van der Waals surface area contributed by atoms with Crippen LogP contribution in [0.4, 0.5) is 0 Å². The van der Waals surface area contributed by atoms with E-state index in [1.54, 1.807) is 0 Å². The summed E-state index contributed by atoms with van der Waals surface area (Å²) in [6.45, 7) is 0. The van der Waals surface area contributed by atoms with Gasteiger partial charge in [-0.2, -0.15) is 0 Å². The molecule has 0 spiro atoms. The zero-order valence-electron chi connectivity index (χ0n) is 55.5. The van der Waals surface area contributed by atoms with Crippen LogP contribution < -0.4 is 0 Å². The van der Waals surface area contributed by atoms with Gasteiger partial charge in [0.15, 0.2) is 0 Å². The van der Waals surface area contributed by atoms with Crippen LogP contribution in [-0.2, 0) is 0 Å². The summed E-state index contributed by atoms with van der Waals surface area (Å²) in [7, 11) is 0. The van der Waals surface area contributed by atoms with Gasteiger partial charge in [-0.3, -0.25) is 0 Å². The van der Waals surface area contributed by atoms with Crippen molar-refractivity contribution < 1.29 is 0 Å². The first kappa shape index (κ1) is 65.8. The van der Waals surface area contributed by atoms with Crippen molar-refractivity contribution in [1.29, 1.82) is 0 Å². The van der Waals surface area contributed by atoms with Crippen LogP contribution in [0.1, 0.15) is 0 Å². The van der Waals surface area contributed by atoms with E-state index in [9.17, 15) is 0 Å². The summed E-state index contributed by atoms with van der Waals surface area (Å²) in [5, 5.41) is 20.2. The Bertz CT molecular complexity index is 6040. The smallest absolute Gasteiger partial charge is 0.0332 e. The molecule has 0 amide bonds. The molecular weight excluding hydrogens is 1500 g/mol. The molecule has 0 radical (unpaired) electrons. The summed E-state index contributed by atoms with van der Waals surface area (Å²) in [6, 6.07) is 138. The van der Waals surface area contributed by atoms with Gasteiger partial charge < -0.3 is 0 Å². The van der Waals surface area contributed by atoms with E-state index in [0.717, 1.165) is 8.95 Å². The van der Waals surface area contributed by atoms with Crippen molar-refractivity contribution in [3.05, 3.63) is 406 Å². The highest BCUT2D eigenvalue weighted by Crippen LogP contribution is 2.48. The van der Waals surface area contributed by atoms with Crippen LogP contribution in [-0.4, -0.2) is 0 Å². The van der Waals surface area contributed by atoms with E-state index in [1.165, 1.54) is 173 Å². The first-order chi connectivity index (χ1) is 50.4. The monoisotopic (exact) mass is 1560 g/mol. The Morgan fingerprint density at radius 3 is 0.647 bits per heavy atom. The van der Waals surface area contributed by atoms with Gasteiger partial charge in [-0.05, 0) is 234 Å². The molecule has 0 nitrogen and oxygen atoms in total. The predicted octanol–water partition coefficient (Wildman–Crippen LogP) is 30.7. The van der Waals surface area contributed by atoms with Crippen LogP contribution in [0, 0.1) is 0 Å². The van der Waals surface area contributed by atoms with Gasteiger partial charge in [0.05, 0.1) is 0 Å². The Hall–Kier alpha value is -10.8. The summed E-state index contributed by atoms with van der Waals surface area (Å²) in [4.78, 5) is 0. The molecule has 19 aromatic rings. The molecule has 0 saturated heterocycles. The maximum atomic E-state index is 3.85. The Morgan fingerprint density at radius 2 is 0.314 bits per heavy atom. The van der Waals surface area contributed by atoms with Crippen LogP contribution in [0.3, 0.4) is 0 Å². The molecule has 19 rings (SSSR count). The van der Waals surface area contributed by atoms with E-state index in [2.05, 4.69) is 452 Å². The molecule has 4 heteroatoms. The van der Waals surface area contributed by atoms with E-state index in [1.807, 2.05) is 0 Å². The van der Waals surface area contributed by atoms with Crippen molar-refractivity contribution in [2.75, 3.05) is 0 Å². The van der Waals surface area contributed by atoms with E-state index < -0.39 is 0 Å². The van der Waals surface area contributed by atoms with Crippen molar-refractivity contribution >= 4 is 150 Å². The Kier molecular flexibility index (Phi) is 19.2. The highest BCUT2D eigenvalue weighted by atomic mass is 79.9. The summed E-state index contributed by atoms with van der Waals surface area (Å²) in [5.74, 6) is 0. The molecule has 0 unspecified atom stereocenters. The molecule has 0 heterocycles. The zero-order chi connectivity index (χ0) is 68.9. The third kappa shape index (κ3) is 12.9. The van der Waals surface area contributed by atoms with Gasteiger partial charge in [0.25, 0.3) is 0 Å². The molecule has 0 N–H and O–H groups in total. The molecule has 0 aliphatic heterocycles. The maximum absolute atomic E-state index is 3.85. The lowest BCUT2D eigenvalue weighted by atomic mass is 9.88. The fourth-order valence-corrected chi connectivity index (χ4v) is 17.4. The number of halogens is 4. The van der Waals surface area contributed by atoms with Crippen molar-refractivity contribution in [3.63, 3.8) is 0 Å². The van der Waals surface area contributed by atoms with Crippen LogP contribution in [0.25, 0.3) is 164 Å². The number of benzene rings is 19. The Balaban J connectivity index is 0.000000106. The largest absolute Gasteiger partial charge is 0.0622 e. The van der Waals surface area contributed by atoms with Gasteiger partial charge in [0.2, 0.25) is 0 Å². The van der Waals surface area contributed by atoms with Crippen molar-refractivity contribution in [3.8, 4) is 77.9 Å². The molecular formula is C98H64Br4. The lowest BCUT2D eigenvalue weighted by Gasteiger charge is -2.17. The van der Waals surface area contributed by atoms with Gasteiger partial charge in [-0.25, -0.2) is 0 Å². The fourth-order valence-electron chi connectivity index (χ4n) is 14.6. The fraction of sp³-hybridized carbons (Fsp3) is 0. The molecule has 0 aliphatic carbocycles. The van der Waals surface area contributed by atoms with Gasteiger partial charge in [-0.15, -0.1) is 0 Å². The molecule has 0 atom stereocenters. The minimum absolute atomic E-state index is 1.16. The molecule has 0 bridgehead atoms. The Labute approximate surface area is 628 Å². The maximum Gasteiger partial charge on any atom is 0.0332 e. The van der Waals surface area contributed by atoms with Crippen LogP contribution in [0.2, 0.25) is 0 Å². The Morgan fingerprint density at radius 1 is 0.118 bits per heavy atom. The van der Waals surface area contributed by atoms with E-state index in [4.69, 9.17) is 0 Å². The quantitative estimate of drug-likeness (QED) is 0.140. The number of hydrogen-bond acceptors (Lipinski definition) is 0. The van der Waals surface area contributed by atoms with E-state index >= 15 is 0 Å². The predicted molar refractivity (Wildman–Crippen MR) is 455 cm³/mol. The topological polar surface area (TPSA) is 0 Å². The van der Waals surface area contributed by atoms with Crippen LogP contribution >= 0.6 is 63.7 Å². The SMILES string of the molecule is Brc1c2ccccc2c(-c2ccc(-c3ccccc3)cc2)c2ccccc12.Brc1c2ccccc2c(-c2cccc(-c3ccccc3)c2)c2ccccc12.Brc1c2ccccc2c(-c2ccccc2)c2ccccc12.Brc1c2ccccc2c(-c2ccccc2-c2ccccc2)c2ccccc12. The van der Waals surface area contributed by atoms with Crippen molar-refractivity contribution in [1.82, 2.24) is 0 Å². The second kappa shape index (κ2) is 29.8. The van der Waals surface area contributed by atoms with E-state index in [0.29, 0.717) is 0 Å². The molecule has 484 valence electrons. The lowest BCUT2D eigenvalue weighted by Crippen LogP contribution is -1.90. The minimum atomic E-state index is 1.16. The average Bonchev–Trinajstić information content (AvgIpc) is 1.13. The molecule has 0 aromatic heterocycles. The number of fused-ring (bicyclic) bond motifs is 8. The highest BCUT2D eigenvalue weighted by Gasteiger charge is 2.20. The van der Waals surface area contributed by atoms with Crippen LogP contribution in [0.5, 0.6) is 0 Å². The second-order valence-corrected chi connectivity index (χ2v) is 28.5. The molecule has 102 heavy (non-hydrogen) atoms. The number of rotatable bonds is 7. The average molecular weight is 1560 g/mol. The molecule has 0 fully saturated rings. The summed E-state index contributed by atoms with van der Waals surface area (Å²) in [5.41, 5.74) is 17.7. The van der Waals surface area contributed by atoms with Gasteiger partial charge in [-0.1, -0.05) is 382 Å². The summed E-state index contributed by atoms with van der Waals surface area (Å²) < 4.78 is 4.66. The first-order valence-electron chi connectivity index (χ1n) is 34.2. The molecule has 19 aromatic carbocycles. The van der Waals surface area contributed by atoms with Gasteiger partial charge >= 0.3 is 0 Å². The minimum Gasteiger partial charge on any atom is -0.0622 e. The first-order valence-corrected chi connectivity index (χ1v) is 37.4. The second-order valence-electron chi connectivity index (χ2n) is 25.3. The van der Waals surface area contributed by atoms with E-state index in [-0.39, 0.29) is 0 Å². The third-order valence-electron chi connectivity index (χ3n) is 19.3. The summed E-state index contributed by atoms with van der Waals surface area (Å²) in [6.07, 6.45) is 0. The molecule has 0 saturated carbocycles. The standard InChI is InChI=1S/3C26H17Br.C20H13Br/c27-26-23-15-6-4-13-21(23)25(22-14-5-7-16-24(22)26)20-12-8-11-19(17-20)18-9-2-1-3-10-18;27-26-23-12-6-4-10-21(23)25(22-11-5-7-13-24(22)26)20-16-14-19(15-17-20)18-8-2-1-3-9-18;27-26-23-16-8-6-14-21(23)25(22-15-7-9-17-24(22)26)20-13-5-4-12-19(20)18-10-2-1-3-11-18;21-20-17-12-6-4-10-15(17)19(14-8-2-1-3-9-14)16-11-5-7-13-18(16)20/h3*1-17H;1-13H. The highest BCUT2D eigenvalue weighted by molar-refractivity contribution is 9.11. The lowest BCUT2D eigenvalue weighted by molar-refractivity contribution is 1.61. The number of hydrogen-bond donors (Lipinski definition) is 0. The third-order valence-corrected chi connectivity index (χ3v) is 22.8. The van der Waals surface area contributed by atoms with Crippen molar-refractivity contribution in [2.45, 2.75) is 0 Å². The van der Waals surface area contributed by atoms with Gasteiger partial charge in [0, 0.05) is 17.9 Å². The van der Waals surface area contributed by atoms with Crippen molar-refractivity contribution in [2.24, 2.45) is 0 Å². The summed E-state index contributed by atoms with van der Waals surface area (Å²) >= 11 is 15.3.